The molecule has 4 heterocycles. The summed E-state index contributed by atoms with van der Waals surface area (Å²) in [7, 11) is 4.03. The van der Waals surface area contributed by atoms with E-state index in [1.54, 1.807) is 29.1 Å². The number of carbonyl (C=O) groups is 4. The number of methoxy groups -OCH3 is 3. The zero-order valence-corrected chi connectivity index (χ0v) is 33.1. The number of H-pyrrole nitrogens is 2. The van der Waals surface area contributed by atoms with E-state index in [0.717, 1.165) is 59.3 Å². The number of hydrogen-bond donors (Lipinski definition) is 4. The number of nitrogens with zero attached hydrogens (tertiary/aromatic N) is 4. The highest BCUT2D eigenvalue weighted by Crippen LogP contribution is 2.34. The number of rotatable bonds is 11. The smallest absolute Gasteiger partial charge is 0.407 e. The van der Waals surface area contributed by atoms with Gasteiger partial charge in [-0.05, 0) is 73.9 Å². The molecule has 2 fully saturated rings. The van der Waals surface area contributed by atoms with Crippen LogP contribution in [0.3, 0.4) is 0 Å². The number of alkyl carbamates (subject to hydrolysis) is 2. The fraction of sp³-hybridized carbons (Fsp3) is 0.429. The van der Waals surface area contributed by atoms with Crippen LogP contribution in [0.5, 0.6) is 0 Å². The van der Waals surface area contributed by atoms with Gasteiger partial charge in [0.1, 0.15) is 23.7 Å². The van der Waals surface area contributed by atoms with Crippen LogP contribution in [0.1, 0.15) is 81.3 Å². The van der Waals surface area contributed by atoms with Gasteiger partial charge in [-0.3, -0.25) is 9.59 Å². The molecule has 0 unspecified atom stereocenters. The van der Waals surface area contributed by atoms with Crippen LogP contribution in [-0.2, 0) is 23.8 Å². The summed E-state index contributed by atoms with van der Waals surface area (Å²) in [6.45, 7) is 6.64. The average Bonchev–Trinajstić information content (AvgIpc) is 4.07. The molecule has 0 bridgehead atoms. The molecular weight excluding hydrogens is 729 g/mol. The molecule has 2 aromatic carbocycles. The first kappa shape index (κ1) is 40.5. The number of aromatic nitrogens is 4. The lowest BCUT2D eigenvalue weighted by Crippen LogP contribution is -2.54. The van der Waals surface area contributed by atoms with Gasteiger partial charge in [0, 0.05) is 31.3 Å². The van der Waals surface area contributed by atoms with E-state index < -0.39 is 30.4 Å². The molecule has 4 amide bonds. The molecule has 6 rings (SSSR count). The van der Waals surface area contributed by atoms with E-state index >= 15 is 0 Å². The Balaban J connectivity index is 1.08. The van der Waals surface area contributed by atoms with Crippen molar-refractivity contribution in [3.63, 3.8) is 0 Å². The van der Waals surface area contributed by atoms with E-state index in [1.807, 2.05) is 62.4 Å². The van der Waals surface area contributed by atoms with Gasteiger partial charge in [-0.15, -0.1) is 0 Å². The fourth-order valence-electron chi connectivity index (χ4n) is 7.30. The normalized spacial score (nSPS) is 18.0. The molecule has 5 atom stereocenters. The number of likely N-dealkylation sites (tertiary alicyclic amines) is 2. The van der Waals surface area contributed by atoms with E-state index in [2.05, 4.69) is 42.4 Å². The predicted molar refractivity (Wildman–Crippen MR) is 211 cm³/mol. The minimum Gasteiger partial charge on any atom is -0.453 e. The third kappa shape index (κ3) is 9.29. The summed E-state index contributed by atoms with van der Waals surface area (Å²) in [5, 5.41) is 5.30. The molecule has 0 radical (unpaired) electrons. The number of amides is 4. The van der Waals surface area contributed by atoms with E-state index in [1.165, 1.54) is 21.3 Å². The van der Waals surface area contributed by atoms with Crippen molar-refractivity contribution in [3.8, 4) is 34.4 Å². The third-order valence-corrected chi connectivity index (χ3v) is 10.6. The maximum Gasteiger partial charge on any atom is 0.407 e. The van der Waals surface area contributed by atoms with Gasteiger partial charge in [0.25, 0.3) is 0 Å². The highest BCUT2D eigenvalue weighted by atomic mass is 16.5. The molecule has 300 valence electrons. The maximum absolute atomic E-state index is 13.6. The summed E-state index contributed by atoms with van der Waals surface area (Å²) in [6, 6.07) is 13.7. The molecule has 2 aliphatic rings. The van der Waals surface area contributed by atoms with Crippen LogP contribution < -0.4 is 10.6 Å². The van der Waals surface area contributed by atoms with Crippen LogP contribution in [0.2, 0.25) is 0 Å². The SMILES string of the molecule is COC(=O)N[C@H](C(=O)N1CCC[C@H]1c1ncc(-c2ccc(C#Cc3ccc(-c4cnc([C@@H]5CCCN5C(=O)[C@@H](NC(=O)OC)[C@@H](C)OC)[nH]4)cc3)cc2)[nH]1)C(C)C. The van der Waals surface area contributed by atoms with Crippen LogP contribution in [0, 0.1) is 17.8 Å². The molecule has 0 spiro atoms. The zero-order valence-electron chi connectivity index (χ0n) is 33.1. The standard InChI is InChI=1S/C42H50N8O7/c1-25(2)35(47-41(53)56-5)39(51)49-21-7-9-33(49)37-43-23-31(45-37)29-17-13-27(14-18-29)11-12-28-15-19-30(20-16-28)32-24-44-38(46-32)34-10-8-22-50(34)40(52)36(26(3)55-4)48-42(54)57-6/h13-20,23-26,33-36H,7-10,21-22H2,1-6H3,(H,43,45)(H,44,46)(H,47,53)(H,48,54)/t26-,33+,34+,35+,36+/m1/s1. The largest absolute Gasteiger partial charge is 0.453 e. The molecule has 4 N–H and O–H groups in total. The van der Waals surface area contributed by atoms with Crippen molar-refractivity contribution in [1.29, 1.82) is 0 Å². The van der Waals surface area contributed by atoms with Crippen molar-refractivity contribution < 1.29 is 33.4 Å². The summed E-state index contributed by atoms with van der Waals surface area (Å²) in [5.41, 5.74) is 5.23. The van der Waals surface area contributed by atoms with Crippen LogP contribution in [0.15, 0.2) is 60.9 Å². The Morgan fingerprint density at radius 2 is 1.11 bits per heavy atom. The molecule has 2 saturated heterocycles. The highest BCUT2D eigenvalue weighted by molar-refractivity contribution is 5.87. The Morgan fingerprint density at radius 1 is 0.684 bits per heavy atom. The van der Waals surface area contributed by atoms with Crippen molar-refractivity contribution in [1.82, 2.24) is 40.4 Å². The number of imidazole rings is 2. The van der Waals surface area contributed by atoms with E-state index in [9.17, 15) is 19.2 Å². The van der Waals surface area contributed by atoms with Gasteiger partial charge in [-0.2, -0.15) is 0 Å². The van der Waals surface area contributed by atoms with Crippen molar-refractivity contribution >= 4 is 24.0 Å². The van der Waals surface area contributed by atoms with Crippen molar-refractivity contribution in [2.45, 2.75) is 76.7 Å². The lowest BCUT2D eigenvalue weighted by Gasteiger charge is -2.30. The summed E-state index contributed by atoms with van der Waals surface area (Å²) in [4.78, 5) is 70.6. The summed E-state index contributed by atoms with van der Waals surface area (Å²) in [6.07, 6.45) is 4.82. The van der Waals surface area contributed by atoms with Crippen LogP contribution >= 0.6 is 0 Å². The van der Waals surface area contributed by atoms with Gasteiger partial charge >= 0.3 is 12.2 Å². The number of hydrogen-bond acceptors (Lipinski definition) is 9. The Morgan fingerprint density at radius 3 is 1.51 bits per heavy atom. The number of carbonyl (C=O) groups excluding carboxylic acids is 4. The quantitative estimate of drug-likeness (QED) is 0.146. The van der Waals surface area contributed by atoms with Gasteiger partial charge in [0.2, 0.25) is 11.8 Å². The molecular formula is C42H50N8O7. The van der Waals surface area contributed by atoms with Gasteiger partial charge < -0.3 is 44.6 Å². The first-order chi connectivity index (χ1) is 27.5. The summed E-state index contributed by atoms with van der Waals surface area (Å²) >= 11 is 0. The maximum atomic E-state index is 13.6. The molecule has 15 nitrogen and oxygen atoms in total. The number of aromatic amines is 2. The van der Waals surface area contributed by atoms with E-state index in [-0.39, 0.29) is 29.8 Å². The summed E-state index contributed by atoms with van der Waals surface area (Å²) < 4.78 is 14.9. The second kappa shape index (κ2) is 18.2. The topological polar surface area (TPSA) is 184 Å². The average molecular weight is 779 g/mol. The van der Waals surface area contributed by atoms with Gasteiger partial charge in [0.05, 0.1) is 56.2 Å². The lowest BCUT2D eigenvalue weighted by atomic mass is 10.0. The molecule has 57 heavy (non-hydrogen) atoms. The zero-order chi connectivity index (χ0) is 40.6. The van der Waals surface area contributed by atoms with Gasteiger partial charge in [-0.1, -0.05) is 50.0 Å². The van der Waals surface area contributed by atoms with Crippen molar-refractivity contribution in [2.24, 2.45) is 5.92 Å². The lowest BCUT2D eigenvalue weighted by molar-refractivity contribution is -0.137. The van der Waals surface area contributed by atoms with Crippen molar-refractivity contribution in [2.75, 3.05) is 34.4 Å². The third-order valence-electron chi connectivity index (χ3n) is 10.6. The predicted octanol–water partition coefficient (Wildman–Crippen LogP) is 5.33. The molecule has 15 heteroatoms. The molecule has 2 aromatic heterocycles. The fourth-order valence-corrected chi connectivity index (χ4v) is 7.30. The molecule has 0 saturated carbocycles. The second-order valence-corrected chi connectivity index (χ2v) is 14.6. The van der Waals surface area contributed by atoms with E-state index in [0.29, 0.717) is 24.7 Å². The number of ether oxygens (including phenoxy) is 3. The molecule has 2 aliphatic heterocycles. The minimum atomic E-state index is -0.898. The Labute approximate surface area is 332 Å². The number of nitrogens with one attached hydrogen (secondary N) is 4. The second-order valence-electron chi connectivity index (χ2n) is 14.6. The van der Waals surface area contributed by atoms with E-state index in [4.69, 9.17) is 14.2 Å². The first-order valence-corrected chi connectivity index (χ1v) is 19.2. The molecule has 0 aliphatic carbocycles. The van der Waals surface area contributed by atoms with Crippen LogP contribution in [0.25, 0.3) is 22.5 Å². The van der Waals surface area contributed by atoms with Crippen molar-refractivity contribution in [3.05, 3.63) is 83.7 Å². The molecule has 4 aromatic rings. The van der Waals surface area contributed by atoms with Gasteiger partial charge in [0.15, 0.2) is 0 Å². The summed E-state index contributed by atoms with van der Waals surface area (Å²) in [5.74, 6) is 7.35. The van der Waals surface area contributed by atoms with Crippen LogP contribution in [-0.4, -0.2) is 106 Å². The monoisotopic (exact) mass is 778 g/mol. The Kier molecular flexibility index (Phi) is 12.9. The Hall–Kier alpha value is -6.14. The van der Waals surface area contributed by atoms with Gasteiger partial charge in [-0.25, -0.2) is 19.6 Å². The Bertz CT molecular complexity index is 2100. The number of benzene rings is 2. The van der Waals surface area contributed by atoms with Crippen LogP contribution in [0.4, 0.5) is 9.59 Å². The first-order valence-electron chi connectivity index (χ1n) is 19.2. The highest BCUT2D eigenvalue weighted by Gasteiger charge is 2.39. The minimum absolute atomic E-state index is 0.109.